The Morgan fingerprint density at radius 1 is 1.22 bits per heavy atom. The molecule has 2 aromatic carbocycles. The standard InChI is InChI=1S/C18H21ClFNO2/c1-3-8-21-11-13-9-15(19)18(17(10-13)22-2)23-12-14-6-4-5-7-16(14)20/h4-7,9-10,21H,3,8,11-12H2,1-2H3. The lowest BCUT2D eigenvalue weighted by Gasteiger charge is -2.15. The molecule has 0 saturated heterocycles. The molecule has 0 aliphatic carbocycles. The molecule has 0 aromatic heterocycles. The first-order chi connectivity index (χ1) is 11.2. The van der Waals surface area contributed by atoms with Gasteiger partial charge >= 0.3 is 0 Å². The third-order valence-corrected chi connectivity index (χ3v) is 3.66. The van der Waals surface area contributed by atoms with Crippen LogP contribution in [0.4, 0.5) is 4.39 Å². The lowest BCUT2D eigenvalue weighted by Crippen LogP contribution is -2.14. The maximum atomic E-state index is 13.7. The number of nitrogens with one attached hydrogen (secondary N) is 1. The van der Waals surface area contributed by atoms with Gasteiger partial charge in [-0.3, -0.25) is 0 Å². The fourth-order valence-corrected chi connectivity index (χ4v) is 2.48. The number of halogens is 2. The van der Waals surface area contributed by atoms with Crippen LogP contribution < -0.4 is 14.8 Å². The second kappa shape index (κ2) is 8.75. The van der Waals surface area contributed by atoms with E-state index in [1.54, 1.807) is 25.3 Å². The number of benzene rings is 2. The van der Waals surface area contributed by atoms with Crippen LogP contribution in [0.1, 0.15) is 24.5 Å². The second-order valence-electron chi connectivity index (χ2n) is 5.17. The number of hydrogen-bond donors (Lipinski definition) is 1. The number of rotatable bonds is 8. The molecule has 0 heterocycles. The fourth-order valence-electron chi connectivity index (χ4n) is 2.19. The van der Waals surface area contributed by atoms with Crippen LogP contribution in [-0.4, -0.2) is 13.7 Å². The quantitative estimate of drug-likeness (QED) is 0.716. The van der Waals surface area contributed by atoms with Crippen LogP contribution in [0.15, 0.2) is 36.4 Å². The molecule has 0 radical (unpaired) electrons. The smallest absolute Gasteiger partial charge is 0.180 e. The fraction of sp³-hybridized carbons (Fsp3) is 0.333. The molecular weight excluding hydrogens is 317 g/mol. The van der Waals surface area contributed by atoms with E-state index in [0.29, 0.717) is 28.6 Å². The van der Waals surface area contributed by atoms with E-state index in [2.05, 4.69) is 12.2 Å². The minimum Gasteiger partial charge on any atom is -0.493 e. The third-order valence-electron chi connectivity index (χ3n) is 3.37. The first-order valence-corrected chi connectivity index (χ1v) is 7.96. The summed E-state index contributed by atoms with van der Waals surface area (Å²) in [6.07, 6.45) is 1.06. The second-order valence-corrected chi connectivity index (χ2v) is 5.57. The SMILES string of the molecule is CCCNCc1cc(Cl)c(OCc2ccccc2F)c(OC)c1. The van der Waals surface area contributed by atoms with Gasteiger partial charge in [0, 0.05) is 12.1 Å². The lowest BCUT2D eigenvalue weighted by atomic mass is 10.2. The summed E-state index contributed by atoms with van der Waals surface area (Å²) in [4.78, 5) is 0. The van der Waals surface area contributed by atoms with Crippen molar-refractivity contribution in [2.45, 2.75) is 26.5 Å². The van der Waals surface area contributed by atoms with Crippen molar-refractivity contribution in [1.82, 2.24) is 5.32 Å². The average Bonchev–Trinajstić information content (AvgIpc) is 2.55. The number of ether oxygens (including phenoxy) is 2. The summed E-state index contributed by atoms with van der Waals surface area (Å²) in [6.45, 7) is 3.85. The first-order valence-electron chi connectivity index (χ1n) is 7.59. The Labute approximate surface area is 141 Å². The van der Waals surface area contributed by atoms with Gasteiger partial charge in [0.15, 0.2) is 11.5 Å². The Hall–Kier alpha value is -1.78. The van der Waals surface area contributed by atoms with E-state index in [1.165, 1.54) is 6.07 Å². The molecule has 0 atom stereocenters. The summed E-state index contributed by atoms with van der Waals surface area (Å²) in [6, 6.07) is 10.2. The molecule has 23 heavy (non-hydrogen) atoms. The van der Waals surface area contributed by atoms with E-state index >= 15 is 0 Å². The van der Waals surface area contributed by atoms with Crippen molar-refractivity contribution in [2.75, 3.05) is 13.7 Å². The van der Waals surface area contributed by atoms with Gasteiger partial charge in [0.25, 0.3) is 0 Å². The van der Waals surface area contributed by atoms with Crippen LogP contribution in [0, 0.1) is 5.82 Å². The third kappa shape index (κ3) is 4.85. The topological polar surface area (TPSA) is 30.5 Å². The summed E-state index contributed by atoms with van der Waals surface area (Å²) in [5.74, 6) is 0.668. The molecule has 0 fully saturated rings. The van der Waals surface area contributed by atoms with Crippen LogP contribution in [0.3, 0.4) is 0 Å². The van der Waals surface area contributed by atoms with E-state index in [9.17, 15) is 4.39 Å². The maximum absolute atomic E-state index is 13.7. The number of hydrogen-bond acceptors (Lipinski definition) is 3. The molecular formula is C18H21ClFNO2. The average molecular weight is 338 g/mol. The van der Waals surface area contributed by atoms with Crippen molar-refractivity contribution in [3.8, 4) is 11.5 Å². The van der Waals surface area contributed by atoms with Gasteiger partial charge in [-0.25, -0.2) is 4.39 Å². The molecule has 5 heteroatoms. The van der Waals surface area contributed by atoms with Gasteiger partial charge < -0.3 is 14.8 Å². The Kier molecular flexibility index (Phi) is 6.68. The van der Waals surface area contributed by atoms with Crippen LogP contribution in [0.25, 0.3) is 0 Å². The van der Waals surface area contributed by atoms with Gasteiger partial charge in [0.2, 0.25) is 0 Å². The molecule has 1 N–H and O–H groups in total. The van der Waals surface area contributed by atoms with Crippen molar-refractivity contribution in [3.63, 3.8) is 0 Å². The van der Waals surface area contributed by atoms with Gasteiger partial charge in [-0.1, -0.05) is 36.7 Å². The zero-order valence-corrected chi connectivity index (χ0v) is 14.1. The first kappa shape index (κ1) is 17.6. The molecule has 0 unspecified atom stereocenters. The highest BCUT2D eigenvalue weighted by molar-refractivity contribution is 6.32. The lowest BCUT2D eigenvalue weighted by molar-refractivity contribution is 0.279. The van der Waals surface area contributed by atoms with E-state index in [1.807, 2.05) is 12.1 Å². The molecule has 0 amide bonds. The molecule has 0 aliphatic rings. The predicted molar refractivity (Wildman–Crippen MR) is 90.7 cm³/mol. The summed E-state index contributed by atoms with van der Waals surface area (Å²) < 4.78 is 24.7. The highest BCUT2D eigenvalue weighted by Crippen LogP contribution is 2.37. The normalized spacial score (nSPS) is 10.6. The molecule has 0 saturated carbocycles. The van der Waals surface area contributed by atoms with Crippen molar-refractivity contribution in [3.05, 3.63) is 58.4 Å². The number of methoxy groups -OCH3 is 1. The van der Waals surface area contributed by atoms with E-state index in [4.69, 9.17) is 21.1 Å². The minimum absolute atomic E-state index is 0.0934. The Bertz CT molecular complexity index is 649. The van der Waals surface area contributed by atoms with E-state index < -0.39 is 0 Å². The van der Waals surface area contributed by atoms with Crippen molar-refractivity contribution in [2.24, 2.45) is 0 Å². The van der Waals surface area contributed by atoms with Gasteiger partial charge in [-0.15, -0.1) is 0 Å². The zero-order chi connectivity index (χ0) is 16.7. The van der Waals surface area contributed by atoms with Crippen LogP contribution in [-0.2, 0) is 13.2 Å². The zero-order valence-electron chi connectivity index (χ0n) is 13.4. The van der Waals surface area contributed by atoms with Crippen LogP contribution in [0.2, 0.25) is 5.02 Å². The van der Waals surface area contributed by atoms with Crippen molar-refractivity contribution < 1.29 is 13.9 Å². The summed E-state index contributed by atoms with van der Waals surface area (Å²) >= 11 is 6.31. The minimum atomic E-state index is -0.303. The van der Waals surface area contributed by atoms with Gasteiger partial charge in [0.05, 0.1) is 12.1 Å². The molecule has 2 rings (SSSR count). The van der Waals surface area contributed by atoms with Gasteiger partial charge in [-0.2, -0.15) is 0 Å². The molecule has 3 nitrogen and oxygen atoms in total. The van der Waals surface area contributed by atoms with Crippen molar-refractivity contribution >= 4 is 11.6 Å². The van der Waals surface area contributed by atoms with Crippen LogP contribution in [0.5, 0.6) is 11.5 Å². The Balaban J connectivity index is 2.13. The maximum Gasteiger partial charge on any atom is 0.180 e. The monoisotopic (exact) mass is 337 g/mol. The molecule has 2 aromatic rings. The molecule has 0 spiro atoms. The largest absolute Gasteiger partial charge is 0.493 e. The van der Waals surface area contributed by atoms with Crippen molar-refractivity contribution in [1.29, 1.82) is 0 Å². The van der Waals surface area contributed by atoms with Gasteiger partial charge in [0.1, 0.15) is 12.4 Å². The molecule has 0 bridgehead atoms. The summed E-state index contributed by atoms with van der Waals surface area (Å²) in [5.41, 5.74) is 1.48. The molecule has 124 valence electrons. The highest BCUT2D eigenvalue weighted by atomic mass is 35.5. The Morgan fingerprint density at radius 2 is 2.00 bits per heavy atom. The van der Waals surface area contributed by atoms with Crippen LogP contribution >= 0.6 is 11.6 Å². The summed E-state index contributed by atoms with van der Waals surface area (Å²) in [7, 11) is 1.56. The molecule has 0 aliphatic heterocycles. The van der Waals surface area contributed by atoms with E-state index in [0.717, 1.165) is 18.5 Å². The summed E-state index contributed by atoms with van der Waals surface area (Å²) in [5, 5.41) is 3.76. The van der Waals surface area contributed by atoms with E-state index in [-0.39, 0.29) is 12.4 Å². The highest BCUT2D eigenvalue weighted by Gasteiger charge is 2.13. The predicted octanol–water partition coefficient (Wildman–Crippen LogP) is 4.57. The Morgan fingerprint density at radius 3 is 2.70 bits per heavy atom. The van der Waals surface area contributed by atoms with Gasteiger partial charge in [-0.05, 0) is 36.7 Å².